The lowest BCUT2D eigenvalue weighted by Crippen LogP contribution is -2.50. The second kappa shape index (κ2) is 8.55. The Labute approximate surface area is 162 Å². The minimum absolute atomic E-state index is 0.480. The molecule has 1 aromatic carbocycles. The predicted octanol–water partition coefficient (Wildman–Crippen LogP) is 3.25. The van der Waals surface area contributed by atoms with Crippen LogP contribution < -0.4 is 5.32 Å². The smallest absolute Gasteiger partial charge is 0.0726 e. The van der Waals surface area contributed by atoms with E-state index in [9.17, 15) is 0 Å². The van der Waals surface area contributed by atoms with Gasteiger partial charge in [0, 0.05) is 55.0 Å². The molecule has 2 aliphatic heterocycles. The molecule has 0 aliphatic carbocycles. The van der Waals surface area contributed by atoms with Gasteiger partial charge in [-0.05, 0) is 31.4 Å². The van der Waals surface area contributed by atoms with E-state index in [1.807, 2.05) is 0 Å². The Kier molecular flexibility index (Phi) is 5.91. The van der Waals surface area contributed by atoms with Crippen LogP contribution in [0.2, 0.25) is 0 Å². The number of benzene rings is 1. The highest BCUT2D eigenvalue weighted by Gasteiger charge is 2.31. The molecule has 1 aromatic heterocycles. The summed E-state index contributed by atoms with van der Waals surface area (Å²) >= 11 is 0. The Hall–Kier alpha value is -1.69. The molecule has 5 heteroatoms. The highest BCUT2D eigenvalue weighted by atomic mass is 16.5. The Bertz CT molecular complexity index is 767. The van der Waals surface area contributed by atoms with Gasteiger partial charge in [-0.1, -0.05) is 25.1 Å². The topological polar surface area (TPSA) is 46.6 Å². The van der Waals surface area contributed by atoms with Crippen molar-refractivity contribution in [2.75, 3.05) is 51.4 Å². The number of ether oxygens (including phenoxy) is 2. The van der Waals surface area contributed by atoms with Crippen LogP contribution in [0.1, 0.15) is 24.6 Å². The van der Waals surface area contributed by atoms with Gasteiger partial charge in [0.05, 0.1) is 25.3 Å². The third kappa shape index (κ3) is 3.96. The van der Waals surface area contributed by atoms with E-state index >= 15 is 0 Å². The molecule has 4 rings (SSSR count). The number of hydrogen-bond donors (Lipinski definition) is 1. The lowest BCUT2D eigenvalue weighted by Gasteiger charge is -2.38. The molecule has 0 bridgehead atoms. The lowest BCUT2D eigenvalue weighted by molar-refractivity contribution is 0.00462. The highest BCUT2D eigenvalue weighted by molar-refractivity contribution is 5.93. The van der Waals surface area contributed by atoms with E-state index < -0.39 is 0 Å². The van der Waals surface area contributed by atoms with Crippen LogP contribution in [-0.4, -0.2) is 62.0 Å². The predicted molar refractivity (Wildman–Crippen MR) is 109 cm³/mol. The van der Waals surface area contributed by atoms with Gasteiger partial charge < -0.3 is 14.8 Å². The van der Waals surface area contributed by atoms with Crippen LogP contribution in [0.25, 0.3) is 10.9 Å². The number of fused-ring (bicyclic) bond motifs is 1. The quantitative estimate of drug-likeness (QED) is 0.847. The molecule has 5 nitrogen and oxygen atoms in total. The number of para-hydroxylation sites is 1. The van der Waals surface area contributed by atoms with Gasteiger partial charge >= 0.3 is 0 Å². The van der Waals surface area contributed by atoms with Crippen LogP contribution in [0, 0.1) is 12.8 Å². The van der Waals surface area contributed by atoms with Crippen molar-refractivity contribution in [3.05, 3.63) is 35.5 Å². The Balaban J connectivity index is 1.61. The number of rotatable bonds is 6. The molecule has 2 saturated heterocycles. The maximum atomic E-state index is 5.72. The number of pyridine rings is 1. The van der Waals surface area contributed by atoms with Gasteiger partial charge in [0.2, 0.25) is 0 Å². The first-order valence-corrected chi connectivity index (χ1v) is 10.3. The fourth-order valence-corrected chi connectivity index (χ4v) is 4.57. The number of aromatic nitrogens is 1. The second-order valence-corrected chi connectivity index (χ2v) is 7.64. The third-order valence-corrected chi connectivity index (χ3v) is 6.07. The number of aryl methyl sites for hydroxylation is 1. The first-order valence-electron chi connectivity index (χ1n) is 10.3. The summed E-state index contributed by atoms with van der Waals surface area (Å²) in [5.74, 6) is 0.592. The molecule has 2 atom stereocenters. The summed E-state index contributed by atoms with van der Waals surface area (Å²) in [7, 11) is 0. The van der Waals surface area contributed by atoms with E-state index in [0.29, 0.717) is 12.0 Å². The van der Waals surface area contributed by atoms with Gasteiger partial charge in [-0.2, -0.15) is 0 Å². The summed E-state index contributed by atoms with van der Waals surface area (Å²) in [6, 6.07) is 8.95. The number of anilines is 1. The number of hydrogen-bond acceptors (Lipinski definition) is 5. The fraction of sp³-hybridized carbons (Fsp3) is 0.591. The molecule has 0 radical (unpaired) electrons. The normalized spacial score (nSPS) is 22.2. The first-order chi connectivity index (χ1) is 13.3. The van der Waals surface area contributed by atoms with E-state index in [4.69, 9.17) is 14.5 Å². The molecule has 146 valence electrons. The van der Waals surface area contributed by atoms with Crippen LogP contribution in [0.5, 0.6) is 0 Å². The number of nitrogens with zero attached hydrogens (tertiary/aromatic N) is 2. The zero-order valence-corrected chi connectivity index (χ0v) is 16.5. The Morgan fingerprint density at radius 3 is 2.74 bits per heavy atom. The Morgan fingerprint density at radius 1 is 1.19 bits per heavy atom. The molecular weight excluding hydrogens is 338 g/mol. The molecule has 3 heterocycles. The van der Waals surface area contributed by atoms with Crippen LogP contribution >= 0.6 is 0 Å². The molecule has 0 saturated carbocycles. The molecule has 2 aliphatic rings. The summed E-state index contributed by atoms with van der Waals surface area (Å²) in [5, 5.41) is 5.07. The van der Waals surface area contributed by atoms with Crippen LogP contribution in [-0.2, 0) is 15.9 Å². The van der Waals surface area contributed by atoms with Gasteiger partial charge in [-0.25, -0.2) is 0 Å². The minimum atomic E-state index is 0.480. The van der Waals surface area contributed by atoms with Crippen molar-refractivity contribution in [2.45, 2.75) is 32.7 Å². The van der Waals surface area contributed by atoms with Crippen LogP contribution in [0.15, 0.2) is 24.3 Å². The van der Waals surface area contributed by atoms with E-state index in [1.54, 1.807) is 0 Å². The summed E-state index contributed by atoms with van der Waals surface area (Å²) in [6.07, 6.45) is 2.14. The zero-order chi connectivity index (χ0) is 18.6. The molecule has 2 fully saturated rings. The lowest BCUT2D eigenvalue weighted by atomic mass is 9.96. The van der Waals surface area contributed by atoms with E-state index in [0.717, 1.165) is 70.1 Å². The monoisotopic (exact) mass is 369 g/mol. The molecule has 0 spiro atoms. The summed E-state index contributed by atoms with van der Waals surface area (Å²) in [6.45, 7) is 10.7. The van der Waals surface area contributed by atoms with Crippen molar-refractivity contribution in [3.63, 3.8) is 0 Å². The van der Waals surface area contributed by atoms with E-state index in [1.165, 1.54) is 16.6 Å². The van der Waals surface area contributed by atoms with Crippen molar-refractivity contribution in [1.29, 1.82) is 0 Å². The molecule has 27 heavy (non-hydrogen) atoms. The number of nitrogens with one attached hydrogen (secondary N) is 1. The molecule has 0 unspecified atom stereocenters. The maximum Gasteiger partial charge on any atom is 0.0726 e. The minimum Gasteiger partial charge on any atom is -0.383 e. The first kappa shape index (κ1) is 18.7. The maximum absolute atomic E-state index is 5.72. The van der Waals surface area contributed by atoms with Crippen molar-refractivity contribution in [1.82, 2.24) is 9.88 Å². The summed E-state index contributed by atoms with van der Waals surface area (Å²) in [4.78, 5) is 7.41. The molecule has 0 amide bonds. The van der Waals surface area contributed by atoms with Gasteiger partial charge in [0.25, 0.3) is 0 Å². The SMILES string of the molecule is CCc1c(C)nc2ccccc2c1NC[C@H]([C@H]1CCOC1)N1CCOCC1. The van der Waals surface area contributed by atoms with Crippen LogP contribution in [0.3, 0.4) is 0 Å². The van der Waals surface area contributed by atoms with Gasteiger partial charge in [-0.3, -0.25) is 9.88 Å². The van der Waals surface area contributed by atoms with Crippen molar-refractivity contribution >= 4 is 16.6 Å². The van der Waals surface area contributed by atoms with Crippen LogP contribution in [0.4, 0.5) is 5.69 Å². The molecule has 1 N–H and O–H groups in total. The molecular formula is C22H31N3O2. The second-order valence-electron chi connectivity index (χ2n) is 7.64. The van der Waals surface area contributed by atoms with Crippen molar-refractivity contribution < 1.29 is 9.47 Å². The largest absolute Gasteiger partial charge is 0.383 e. The average molecular weight is 370 g/mol. The Morgan fingerprint density at radius 2 is 2.00 bits per heavy atom. The van der Waals surface area contributed by atoms with E-state index in [-0.39, 0.29) is 0 Å². The average Bonchev–Trinajstić information content (AvgIpc) is 3.23. The van der Waals surface area contributed by atoms with Gasteiger partial charge in [0.15, 0.2) is 0 Å². The van der Waals surface area contributed by atoms with E-state index in [2.05, 4.69) is 48.3 Å². The van der Waals surface area contributed by atoms with Crippen molar-refractivity contribution in [2.24, 2.45) is 5.92 Å². The van der Waals surface area contributed by atoms with Gasteiger partial charge in [0.1, 0.15) is 0 Å². The zero-order valence-electron chi connectivity index (χ0n) is 16.5. The standard InChI is InChI=1S/C22H31N3O2/c1-3-18-16(2)24-20-7-5-4-6-19(20)22(18)23-14-21(17-8-11-27-15-17)25-9-12-26-13-10-25/h4-7,17,21H,3,8-15H2,1-2H3,(H,23,24)/t17-,21+/m0/s1. The highest BCUT2D eigenvalue weighted by Crippen LogP contribution is 2.30. The summed E-state index contributed by atoms with van der Waals surface area (Å²) < 4.78 is 11.3. The summed E-state index contributed by atoms with van der Waals surface area (Å²) in [5.41, 5.74) is 4.79. The van der Waals surface area contributed by atoms with Gasteiger partial charge in [-0.15, -0.1) is 0 Å². The van der Waals surface area contributed by atoms with Crippen molar-refractivity contribution in [3.8, 4) is 0 Å². The molecule has 2 aromatic rings. The fourth-order valence-electron chi connectivity index (χ4n) is 4.57. The number of morpholine rings is 1. The third-order valence-electron chi connectivity index (χ3n) is 6.07.